The Morgan fingerprint density at radius 3 is 2.76 bits per heavy atom. The summed E-state index contributed by atoms with van der Waals surface area (Å²) in [6.45, 7) is 5.18. The fourth-order valence-corrected chi connectivity index (χ4v) is 5.66. The average molecular weight is 331 g/mol. The molecule has 0 aliphatic heterocycles. The topological polar surface area (TPSA) is 58.2 Å². The Balaban J connectivity index is 2.09. The lowest BCUT2D eigenvalue weighted by atomic mass is 9.74. The molecule has 1 aliphatic rings. The van der Waals surface area contributed by atoms with Crippen molar-refractivity contribution in [2.24, 2.45) is 5.41 Å². The van der Waals surface area contributed by atoms with Crippen LogP contribution in [0.15, 0.2) is 16.3 Å². The quantitative estimate of drug-likeness (QED) is 0.843. The van der Waals surface area contributed by atoms with E-state index in [-0.39, 0.29) is 11.5 Å². The molecule has 21 heavy (non-hydrogen) atoms. The van der Waals surface area contributed by atoms with Gasteiger partial charge in [0, 0.05) is 10.9 Å². The first-order valence-corrected chi connectivity index (χ1v) is 9.91. The van der Waals surface area contributed by atoms with Gasteiger partial charge in [-0.3, -0.25) is 0 Å². The van der Waals surface area contributed by atoms with Crippen LogP contribution in [0.4, 0.5) is 0 Å². The van der Waals surface area contributed by atoms with Gasteiger partial charge in [-0.1, -0.05) is 26.7 Å². The summed E-state index contributed by atoms with van der Waals surface area (Å²) in [6, 6.07) is 3.69. The maximum atomic E-state index is 12.6. The van der Waals surface area contributed by atoms with Crippen LogP contribution in [-0.2, 0) is 16.4 Å². The Bertz CT molecular complexity index is 564. The number of sulfonamides is 1. The number of rotatable bonds is 6. The van der Waals surface area contributed by atoms with Crippen molar-refractivity contribution in [3.05, 3.63) is 17.0 Å². The van der Waals surface area contributed by atoms with Crippen LogP contribution < -0.4 is 10.0 Å². The van der Waals surface area contributed by atoms with Gasteiger partial charge in [0.05, 0.1) is 0 Å². The van der Waals surface area contributed by atoms with E-state index in [0.29, 0.717) is 4.21 Å². The summed E-state index contributed by atoms with van der Waals surface area (Å²) in [6.07, 6.45) is 5.18. The van der Waals surface area contributed by atoms with E-state index in [2.05, 4.69) is 23.9 Å². The molecule has 0 radical (unpaired) electrons. The summed E-state index contributed by atoms with van der Waals surface area (Å²) >= 11 is 1.38. The van der Waals surface area contributed by atoms with Crippen molar-refractivity contribution < 1.29 is 8.42 Å². The lowest BCUT2D eigenvalue weighted by molar-refractivity contribution is 0.188. The van der Waals surface area contributed by atoms with E-state index in [4.69, 9.17) is 0 Å². The van der Waals surface area contributed by atoms with E-state index in [1.807, 2.05) is 13.1 Å². The molecule has 1 aromatic rings. The minimum absolute atomic E-state index is 0.0392. The first-order chi connectivity index (χ1) is 9.85. The Morgan fingerprint density at radius 1 is 1.33 bits per heavy atom. The highest BCUT2D eigenvalue weighted by Gasteiger charge is 2.35. The van der Waals surface area contributed by atoms with Crippen LogP contribution in [0.5, 0.6) is 0 Å². The van der Waals surface area contributed by atoms with Crippen LogP contribution >= 0.6 is 11.3 Å². The number of likely N-dealkylation sites (N-methyl/N-ethyl adjacent to an activating group) is 1. The molecule has 0 spiro atoms. The molecule has 6 heteroatoms. The van der Waals surface area contributed by atoms with Crippen molar-refractivity contribution in [1.29, 1.82) is 0 Å². The molecular formula is C15H26N2O2S2. The Hall–Kier alpha value is -0.430. The van der Waals surface area contributed by atoms with Gasteiger partial charge in [-0.05, 0) is 50.4 Å². The van der Waals surface area contributed by atoms with Gasteiger partial charge in [-0.15, -0.1) is 11.3 Å². The van der Waals surface area contributed by atoms with Crippen molar-refractivity contribution in [3.8, 4) is 0 Å². The van der Waals surface area contributed by atoms with Crippen molar-refractivity contribution in [1.82, 2.24) is 10.0 Å². The average Bonchev–Trinajstić information content (AvgIpc) is 2.88. The summed E-state index contributed by atoms with van der Waals surface area (Å²) in [4.78, 5) is 1.10. The minimum Gasteiger partial charge on any atom is -0.319 e. The smallest absolute Gasteiger partial charge is 0.250 e. The van der Waals surface area contributed by atoms with E-state index in [1.54, 1.807) is 6.07 Å². The molecule has 0 saturated heterocycles. The molecule has 0 aromatic carbocycles. The van der Waals surface area contributed by atoms with Gasteiger partial charge in [0.1, 0.15) is 4.21 Å². The summed E-state index contributed by atoms with van der Waals surface area (Å²) in [5.41, 5.74) is 0.0392. The highest BCUT2D eigenvalue weighted by Crippen LogP contribution is 2.36. The van der Waals surface area contributed by atoms with Crippen LogP contribution in [0.2, 0.25) is 0 Å². The fourth-order valence-electron chi connectivity index (χ4n) is 2.84. The van der Waals surface area contributed by atoms with E-state index in [9.17, 15) is 8.42 Å². The third kappa shape index (κ3) is 4.28. The van der Waals surface area contributed by atoms with Crippen LogP contribution in [0.1, 0.15) is 44.4 Å². The van der Waals surface area contributed by atoms with E-state index >= 15 is 0 Å². The SMILES string of the molecule is CNCCc1ccc(S(=O)(=O)NC2CCCCC2(C)C)s1. The first kappa shape index (κ1) is 16.9. The predicted octanol–water partition coefficient (Wildman–Crippen LogP) is 2.76. The second kappa shape index (κ2) is 6.77. The number of nitrogens with one attached hydrogen (secondary N) is 2. The molecule has 2 rings (SSSR count). The minimum atomic E-state index is -3.39. The Kier molecular flexibility index (Phi) is 5.46. The molecule has 2 N–H and O–H groups in total. The standard InChI is InChI=1S/C15H26N2O2S2/c1-15(2)10-5-4-6-13(15)17-21(18,19)14-8-7-12(20-14)9-11-16-3/h7-8,13,16-17H,4-6,9-11H2,1-3H3. The molecule has 0 bridgehead atoms. The molecule has 1 unspecified atom stereocenters. The highest BCUT2D eigenvalue weighted by atomic mass is 32.2. The van der Waals surface area contributed by atoms with Crippen molar-refractivity contribution in [2.75, 3.05) is 13.6 Å². The molecule has 4 nitrogen and oxygen atoms in total. The van der Waals surface area contributed by atoms with Crippen molar-refractivity contribution in [3.63, 3.8) is 0 Å². The van der Waals surface area contributed by atoms with Gasteiger partial charge in [-0.25, -0.2) is 13.1 Å². The maximum Gasteiger partial charge on any atom is 0.250 e. The third-order valence-corrected chi connectivity index (χ3v) is 7.44. The summed E-state index contributed by atoms with van der Waals surface area (Å²) in [7, 11) is -1.49. The van der Waals surface area contributed by atoms with Crippen LogP contribution in [0.25, 0.3) is 0 Å². The second-order valence-corrected chi connectivity index (χ2v) is 9.59. The molecule has 0 amide bonds. The van der Waals surface area contributed by atoms with E-state index in [1.165, 1.54) is 17.8 Å². The Morgan fingerprint density at radius 2 is 2.10 bits per heavy atom. The van der Waals surface area contributed by atoms with Crippen molar-refractivity contribution in [2.45, 2.75) is 56.2 Å². The number of thiophene rings is 1. The lowest BCUT2D eigenvalue weighted by Gasteiger charge is -2.38. The van der Waals surface area contributed by atoms with E-state index < -0.39 is 10.0 Å². The molecule has 1 aliphatic carbocycles. The fraction of sp³-hybridized carbons (Fsp3) is 0.733. The highest BCUT2D eigenvalue weighted by molar-refractivity contribution is 7.91. The monoisotopic (exact) mass is 330 g/mol. The normalized spacial score (nSPS) is 22.3. The van der Waals surface area contributed by atoms with Crippen LogP contribution in [0, 0.1) is 5.41 Å². The van der Waals surface area contributed by atoms with Gasteiger partial charge in [0.2, 0.25) is 10.0 Å². The summed E-state index contributed by atoms with van der Waals surface area (Å²) < 4.78 is 28.5. The van der Waals surface area contributed by atoms with Gasteiger partial charge in [0.25, 0.3) is 0 Å². The Labute approximate surface area is 132 Å². The lowest BCUT2D eigenvalue weighted by Crippen LogP contribution is -2.46. The summed E-state index contributed by atoms with van der Waals surface area (Å²) in [5.74, 6) is 0. The summed E-state index contributed by atoms with van der Waals surface area (Å²) in [5, 5.41) is 3.08. The molecule has 1 atom stereocenters. The van der Waals surface area contributed by atoms with Gasteiger partial charge >= 0.3 is 0 Å². The molecule has 120 valence electrons. The van der Waals surface area contributed by atoms with Crippen LogP contribution in [0.3, 0.4) is 0 Å². The number of hydrogen-bond acceptors (Lipinski definition) is 4. The second-order valence-electron chi connectivity index (χ2n) is 6.48. The van der Waals surface area contributed by atoms with Gasteiger partial charge in [0.15, 0.2) is 0 Å². The van der Waals surface area contributed by atoms with Gasteiger partial charge in [-0.2, -0.15) is 0 Å². The maximum absolute atomic E-state index is 12.6. The van der Waals surface area contributed by atoms with Crippen molar-refractivity contribution >= 4 is 21.4 Å². The molecule has 1 aromatic heterocycles. The molecule has 1 heterocycles. The zero-order chi connectivity index (χ0) is 15.5. The first-order valence-electron chi connectivity index (χ1n) is 7.61. The zero-order valence-corrected chi connectivity index (χ0v) is 14.7. The third-order valence-electron chi connectivity index (χ3n) is 4.33. The largest absolute Gasteiger partial charge is 0.319 e. The zero-order valence-electron chi connectivity index (χ0n) is 13.1. The van der Waals surface area contributed by atoms with Crippen LogP contribution in [-0.4, -0.2) is 28.1 Å². The molecule has 1 fully saturated rings. The van der Waals surface area contributed by atoms with E-state index in [0.717, 1.165) is 37.1 Å². The van der Waals surface area contributed by atoms with Gasteiger partial charge < -0.3 is 5.32 Å². The molecule has 1 saturated carbocycles. The number of hydrogen-bond donors (Lipinski definition) is 2. The molecular weight excluding hydrogens is 304 g/mol. The predicted molar refractivity (Wildman–Crippen MR) is 88.3 cm³/mol.